The highest BCUT2D eigenvalue weighted by Crippen LogP contribution is 2.28. The summed E-state index contributed by atoms with van der Waals surface area (Å²) >= 11 is 0. The summed E-state index contributed by atoms with van der Waals surface area (Å²) in [5, 5.41) is 0.989. The molecule has 1 aromatic heterocycles. The second-order valence-corrected chi connectivity index (χ2v) is 4.27. The van der Waals surface area contributed by atoms with Gasteiger partial charge in [0.05, 0.1) is 0 Å². The van der Waals surface area contributed by atoms with Gasteiger partial charge in [0.25, 0.3) is 0 Å². The van der Waals surface area contributed by atoms with Crippen molar-refractivity contribution in [3.63, 3.8) is 0 Å². The molecule has 16 heavy (non-hydrogen) atoms. The second kappa shape index (κ2) is 3.46. The fourth-order valence-corrected chi connectivity index (χ4v) is 2.46. The Labute approximate surface area is 92.9 Å². The third-order valence-electron chi connectivity index (χ3n) is 3.26. The molecule has 0 saturated heterocycles. The molecule has 1 aliphatic carbocycles. The highest BCUT2D eigenvalue weighted by atomic mass is 16.4. The number of hydrogen-bond donors (Lipinski definition) is 1. The third kappa shape index (κ3) is 1.36. The third-order valence-corrected chi connectivity index (χ3v) is 3.26. The molecule has 82 valence electrons. The fraction of sp³-hybridized carbons (Fsp3) is 0.308. The minimum atomic E-state index is -0.314. The number of fused-ring (bicyclic) bond motifs is 2. The van der Waals surface area contributed by atoms with Crippen LogP contribution >= 0.6 is 0 Å². The van der Waals surface area contributed by atoms with Crippen LogP contribution in [-0.4, -0.2) is 0 Å². The predicted octanol–water partition coefficient (Wildman–Crippen LogP) is 1.74. The molecule has 0 unspecified atom stereocenters. The van der Waals surface area contributed by atoms with E-state index in [1.807, 2.05) is 6.07 Å². The number of rotatable bonds is 1. The highest BCUT2D eigenvalue weighted by Gasteiger charge is 2.14. The molecule has 1 aliphatic rings. The minimum absolute atomic E-state index is 0.314. The van der Waals surface area contributed by atoms with Crippen LogP contribution in [0.2, 0.25) is 0 Å². The molecule has 0 amide bonds. The van der Waals surface area contributed by atoms with Gasteiger partial charge in [0.15, 0.2) is 0 Å². The number of nitrogens with two attached hydrogens (primary N) is 1. The maximum absolute atomic E-state index is 11.3. The Balaban J connectivity index is 2.39. The lowest BCUT2D eigenvalue weighted by molar-refractivity contribution is 0.558. The summed E-state index contributed by atoms with van der Waals surface area (Å²) in [4.78, 5) is 11.3. The minimum Gasteiger partial charge on any atom is -0.423 e. The molecular formula is C13H13NO2. The van der Waals surface area contributed by atoms with Crippen molar-refractivity contribution in [2.45, 2.75) is 25.8 Å². The Hall–Kier alpha value is -1.61. The van der Waals surface area contributed by atoms with Gasteiger partial charge in [-0.2, -0.15) is 0 Å². The summed E-state index contributed by atoms with van der Waals surface area (Å²) in [6.07, 6.45) is 3.39. The monoisotopic (exact) mass is 215 g/mol. The number of benzene rings is 1. The maximum atomic E-state index is 11.3. The van der Waals surface area contributed by atoms with Crippen LogP contribution in [0.5, 0.6) is 0 Å². The van der Waals surface area contributed by atoms with Gasteiger partial charge in [-0.15, -0.1) is 0 Å². The van der Waals surface area contributed by atoms with Crippen molar-refractivity contribution in [1.29, 1.82) is 0 Å². The largest absolute Gasteiger partial charge is 0.423 e. The van der Waals surface area contributed by atoms with E-state index in [9.17, 15) is 4.79 Å². The normalized spacial score (nSPS) is 14.3. The molecule has 1 aromatic carbocycles. The average Bonchev–Trinajstić information content (AvgIpc) is 2.72. The van der Waals surface area contributed by atoms with Gasteiger partial charge in [0.2, 0.25) is 0 Å². The molecule has 0 spiro atoms. The lowest BCUT2D eigenvalue weighted by Gasteiger charge is -2.05. The van der Waals surface area contributed by atoms with Crippen LogP contribution in [0, 0.1) is 0 Å². The first-order valence-corrected chi connectivity index (χ1v) is 5.56. The van der Waals surface area contributed by atoms with Crippen LogP contribution in [0.4, 0.5) is 0 Å². The molecule has 0 radical (unpaired) electrons. The standard InChI is InChI=1S/C13H13NO2/c14-7-10-6-13(15)16-12-5-9-3-1-2-8(9)4-11(10)12/h4-6H,1-3,7,14H2. The Morgan fingerprint density at radius 3 is 2.69 bits per heavy atom. The van der Waals surface area contributed by atoms with Crippen LogP contribution in [0.1, 0.15) is 23.1 Å². The van der Waals surface area contributed by atoms with E-state index in [-0.39, 0.29) is 5.63 Å². The molecule has 0 bridgehead atoms. The topological polar surface area (TPSA) is 56.2 Å². The van der Waals surface area contributed by atoms with Gasteiger partial charge >= 0.3 is 5.63 Å². The molecule has 0 saturated carbocycles. The summed E-state index contributed by atoms with van der Waals surface area (Å²) in [6.45, 7) is 0.376. The van der Waals surface area contributed by atoms with E-state index in [1.54, 1.807) is 0 Å². The molecule has 0 atom stereocenters. The van der Waals surface area contributed by atoms with Crippen LogP contribution in [-0.2, 0) is 19.4 Å². The summed E-state index contributed by atoms with van der Waals surface area (Å²) in [7, 11) is 0. The molecule has 2 aromatic rings. The van der Waals surface area contributed by atoms with E-state index in [2.05, 4.69) is 6.07 Å². The van der Waals surface area contributed by atoms with E-state index in [0.717, 1.165) is 23.8 Å². The second-order valence-electron chi connectivity index (χ2n) is 4.27. The van der Waals surface area contributed by atoms with E-state index in [1.165, 1.54) is 23.6 Å². The summed E-state index contributed by atoms with van der Waals surface area (Å²) in [6, 6.07) is 5.62. The van der Waals surface area contributed by atoms with E-state index < -0.39 is 0 Å². The van der Waals surface area contributed by atoms with Gasteiger partial charge < -0.3 is 10.2 Å². The van der Waals surface area contributed by atoms with Crippen LogP contribution < -0.4 is 11.4 Å². The average molecular weight is 215 g/mol. The van der Waals surface area contributed by atoms with Crippen molar-refractivity contribution in [1.82, 2.24) is 0 Å². The lowest BCUT2D eigenvalue weighted by Crippen LogP contribution is -2.05. The molecule has 0 fully saturated rings. The van der Waals surface area contributed by atoms with Gasteiger partial charge in [-0.3, -0.25) is 0 Å². The summed E-state index contributed by atoms with van der Waals surface area (Å²) < 4.78 is 5.22. The molecule has 1 heterocycles. The first-order valence-electron chi connectivity index (χ1n) is 5.56. The SMILES string of the molecule is NCc1cc(=O)oc2cc3c(cc12)CCC3. The van der Waals surface area contributed by atoms with Gasteiger partial charge in [0.1, 0.15) is 5.58 Å². The molecular weight excluding hydrogens is 202 g/mol. The molecule has 0 aliphatic heterocycles. The zero-order chi connectivity index (χ0) is 11.1. The van der Waals surface area contributed by atoms with Gasteiger partial charge in [-0.25, -0.2) is 4.79 Å². The van der Waals surface area contributed by atoms with Crippen molar-refractivity contribution < 1.29 is 4.42 Å². The summed E-state index contributed by atoms with van der Waals surface area (Å²) in [5.41, 5.74) is 9.57. The first kappa shape index (κ1) is 9.60. The molecule has 3 rings (SSSR count). The van der Waals surface area contributed by atoms with E-state index in [4.69, 9.17) is 10.2 Å². The molecule has 3 heteroatoms. The van der Waals surface area contributed by atoms with Crippen molar-refractivity contribution in [2.75, 3.05) is 0 Å². The van der Waals surface area contributed by atoms with E-state index >= 15 is 0 Å². The van der Waals surface area contributed by atoms with Gasteiger partial charge in [-0.05, 0) is 48.1 Å². The van der Waals surface area contributed by atoms with Crippen LogP contribution in [0.3, 0.4) is 0 Å². The maximum Gasteiger partial charge on any atom is 0.336 e. The number of aryl methyl sites for hydroxylation is 2. The lowest BCUT2D eigenvalue weighted by atomic mass is 10.0. The summed E-state index contributed by atoms with van der Waals surface area (Å²) in [5.74, 6) is 0. The number of hydrogen-bond acceptors (Lipinski definition) is 3. The molecule has 2 N–H and O–H groups in total. The zero-order valence-corrected chi connectivity index (χ0v) is 8.95. The quantitative estimate of drug-likeness (QED) is 0.737. The highest BCUT2D eigenvalue weighted by molar-refractivity contribution is 5.82. The Morgan fingerprint density at radius 2 is 1.94 bits per heavy atom. The Bertz CT molecular complexity index is 613. The first-order chi connectivity index (χ1) is 7.78. The van der Waals surface area contributed by atoms with Crippen molar-refractivity contribution >= 4 is 11.0 Å². The zero-order valence-electron chi connectivity index (χ0n) is 8.95. The van der Waals surface area contributed by atoms with Crippen molar-refractivity contribution in [3.8, 4) is 0 Å². The Morgan fingerprint density at radius 1 is 1.19 bits per heavy atom. The smallest absolute Gasteiger partial charge is 0.336 e. The van der Waals surface area contributed by atoms with E-state index in [0.29, 0.717) is 12.1 Å². The van der Waals surface area contributed by atoms with Crippen LogP contribution in [0.25, 0.3) is 11.0 Å². The van der Waals surface area contributed by atoms with Crippen molar-refractivity contribution in [3.05, 3.63) is 45.3 Å². The molecule has 3 nitrogen and oxygen atoms in total. The van der Waals surface area contributed by atoms with Crippen molar-refractivity contribution in [2.24, 2.45) is 5.73 Å². The Kier molecular flexibility index (Phi) is 2.07. The van der Waals surface area contributed by atoms with Gasteiger partial charge in [-0.1, -0.05) is 0 Å². The van der Waals surface area contributed by atoms with Crippen LogP contribution in [0.15, 0.2) is 27.4 Å². The predicted molar refractivity (Wildman–Crippen MR) is 62.4 cm³/mol. The van der Waals surface area contributed by atoms with Gasteiger partial charge in [0, 0.05) is 18.0 Å². The fourth-order valence-electron chi connectivity index (χ4n) is 2.46.